The number of piperidine rings is 4. The number of fused-ring (bicyclic) bond motifs is 15. The first-order valence-electron chi connectivity index (χ1n) is 41.4. The lowest BCUT2D eigenvalue weighted by Crippen LogP contribution is -2.48. The molecule has 634 valence electrons. The summed E-state index contributed by atoms with van der Waals surface area (Å²) in [5.74, 6) is -9.34. The molecule has 36 heteroatoms. The Labute approximate surface area is 693 Å². The number of hydrogen-bond acceptors (Lipinski definition) is 24. The molecule has 4 aromatic rings. The number of hydrogen-bond donors (Lipinski definition) is 0. The summed E-state index contributed by atoms with van der Waals surface area (Å²) in [6.07, 6.45) is 16.4. The summed E-state index contributed by atoms with van der Waals surface area (Å²) in [5.41, 5.74) is 3.75. The molecule has 20 rings (SSSR count). The lowest BCUT2D eigenvalue weighted by Gasteiger charge is -2.29. The summed E-state index contributed by atoms with van der Waals surface area (Å²) >= 11 is 0. The first kappa shape index (κ1) is 81.1. The van der Waals surface area contributed by atoms with Gasteiger partial charge in [0, 0.05) is 39.0 Å². The molecule has 0 spiro atoms. The SMILES string of the molecule is O=C(ON1C(=O)C2C3C=CC(C3)C2C1=O)[C@@H]1CC[C@@H]2CN1C(=O)N2OCc1ccccc1.O=C(ON1C(=O)C2CC=CCC2C1=O)[C@@H]1CC[C@@H]2CN1C(=O)N2OCc1ccccc1.O=C(ON1C(=O)C2CCCCC2C1=O)[C@@H]1CC[C@@H]2CN1C(=O)N2OCc1ccccc1.O=C(ON1C(=O)CCC1=O)[C@@H]1CC[C@@H]2CN1C(=O)N2OCc1ccccc1. The van der Waals surface area contributed by atoms with Crippen LogP contribution in [0.3, 0.4) is 0 Å². The fourth-order valence-electron chi connectivity index (χ4n) is 19.4. The van der Waals surface area contributed by atoms with E-state index in [2.05, 4.69) is 0 Å². The van der Waals surface area contributed by atoms with Crippen molar-refractivity contribution in [1.82, 2.24) is 60.1 Å². The summed E-state index contributed by atoms with van der Waals surface area (Å²) < 4.78 is 0. The molecule has 36 nitrogen and oxygen atoms in total. The molecule has 0 N–H and O–H groups in total. The van der Waals surface area contributed by atoms with Gasteiger partial charge in [0.2, 0.25) is 0 Å². The molecule has 16 amide bonds. The van der Waals surface area contributed by atoms with Crippen LogP contribution < -0.4 is 0 Å². The zero-order valence-electron chi connectivity index (χ0n) is 65.9. The van der Waals surface area contributed by atoms with Crippen molar-refractivity contribution in [3.05, 3.63) is 168 Å². The molecule has 4 aromatic carbocycles. The van der Waals surface area contributed by atoms with Crippen molar-refractivity contribution < 1.29 is 115 Å². The molecule has 8 unspecified atom stereocenters. The maximum absolute atomic E-state index is 12.9. The maximum Gasteiger partial charge on any atom is 0.355 e. The zero-order valence-corrected chi connectivity index (χ0v) is 65.9. The molecule has 121 heavy (non-hydrogen) atoms. The number of imide groups is 4. The zero-order chi connectivity index (χ0) is 84.0. The monoisotopic (exact) mass is 1660 g/mol. The van der Waals surface area contributed by atoms with Gasteiger partial charge in [0.15, 0.2) is 0 Å². The number of nitrogens with zero attached hydrogens (tertiary/aromatic N) is 12. The highest BCUT2D eigenvalue weighted by atomic mass is 16.8. The molecular weight excluding hydrogens is 1570 g/mol. The quantitative estimate of drug-likeness (QED) is 0.0676. The molecule has 16 atom stereocenters. The highest BCUT2D eigenvalue weighted by Gasteiger charge is 2.63. The summed E-state index contributed by atoms with van der Waals surface area (Å²) in [7, 11) is 0. The Morgan fingerprint density at radius 3 is 0.860 bits per heavy atom. The van der Waals surface area contributed by atoms with Crippen LogP contribution >= 0.6 is 0 Å². The summed E-state index contributed by atoms with van der Waals surface area (Å²) in [6.45, 7) is 2.38. The molecule has 2 saturated carbocycles. The average molecular weight is 1660 g/mol. The molecule has 14 fully saturated rings. The summed E-state index contributed by atoms with van der Waals surface area (Å²) in [5, 5.41) is 7.74. The third-order valence-corrected chi connectivity index (χ3v) is 25.7. The van der Waals surface area contributed by atoms with E-state index in [1.807, 2.05) is 146 Å². The standard InChI is InChI=1S/C23H23N3O6.C22H25N3O6.C22H23N3O6.C18H19N3O6/c27-20-18-14-6-7-15(10-14)19(18)21(28)26(20)32-22(29)17-9-8-16-11-24(17)23(30)25(16)31-12-13-4-2-1-3-5-13;2*26-19-16-8-4-5-9-17(16)20(27)25(19)31-21(28)18-11-10-15-12-23(18)22(29)24(15)30-13-14-6-2-1-3-7-14;22-15-8-9-16(23)21(15)27-17(24)14-7-6-13-10-19(14)18(25)20(13)26-11-12-4-2-1-3-5-12/h1-7,14-19H,8-12H2;1-3,6-7,15-18H,4-5,8-13H2;1-7,15-18H,8-13H2;1-5,13-14H,6-11H2/t14?,15?,16-,17+,18?,19?;2*15-,16?,17?,18+;13-,14+/m1111/s1. The van der Waals surface area contributed by atoms with Crippen LogP contribution in [0.4, 0.5) is 19.2 Å². The second-order valence-corrected chi connectivity index (χ2v) is 32.9. The highest BCUT2D eigenvalue weighted by molar-refractivity contribution is 6.08. The van der Waals surface area contributed by atoms with Gasteiger partial charge in [0.25, 0.3) is 47.3 Å². The van der Waals surface area contributed by atoms with Crippen LogP contribution in [0.5, 0.6) is 0 Å². The van der Waals surface area contributed by atoms with E-state index in [0.29, 0.717) is 123 Å². The molecule has 12 aliphatic heterocycles. The van der Waals surface area contributed by atoms with Gasteiger partial charge >= 0.3 is 48.0 Å². The second kappa shape index (κ2) is 34.4. The third-order valence-electron chi connectivity index (χ3n) is 25.7. The van der Waals surface area contributed by atoms with Gasteiger partial charge in [0.05, 0.1) is 59.7 Å². The predicted molar refractivity (Wildman–Crippen MR) is 407 cm³/mol. The van der Waals surface area contributed by atoms with Gasteiger partial charge in [-0.05, 0) is 118 Å². The van der Waals surface area contributed by atoms with Crippen LogP contribution in [0.25, 0.3) is 0 Å². The summed E-state index contributed by atoms with van der Waals surface area (Å²) in [6, 6.07) is 32.5. The van der Waals surface area contributed by atoms with Crippen molar-refractivity contribution in [1.29, 1.82) is 0 Å². The van der Waals surface area contributed by atoms with Crippen molar-refractivity contribution in [3.63, 3.8) is 0 Å². The Balaban J connectivity index is 0.000000115. The lowest BCUT2D eigenvalue weighted by molar-refractivity contribution is -0.202. The van der Waals surface area contributed by atoms with Crippen molar-refractivity contribution in [2.45, 2.75) is 184 Å². The van der Waals surface area contributed by atoms with Gasteiger partial charge in [0.1, 0.15) is 50.6 Å². The lowest BCUT2D eigenvalue weighted by atomic mass is 9.81. The van der Waals surface area contributed by atoms with Crippen molar-refractivity contribution in [2.24, 2.45) is 47.3 Å². The number of rotatable bonds is 20. The Morgan fingerprint density at radius 1 is 0.306 bits per heavy atom. The minimum absolute atomic E-state index is 0.0304. The molecule has 12 heterocycles. The Morgan fingerprint density at radius 2 is 0.570 bits per heavy atom. The van der Waals surface area contributed by atoms with Gasteiger partial charge in [-0.25, -0.2) is 38.4 Å². The fourth-order valence-corrected chi connectivity index (χ4v) is 19.4. The second-order valence-electron chi connectivity index (χ2n) is 32.9. The Kier molecular flexibility index (Phi) is 23.1. The average Bonchev–Trinajstić information content (AvgIpc) is 1.57. The number of amides is 16. The molecule has 16 aliphatic rings. The smallest absolute Gasteiger partial charge is 0.328 e. The Hall–Kier alpha value is -12.3. The number of allylic oxidation sites excluding steroid dienone is 4. The van der Waals surface area contributed by atoms with E-state index in [9.17, 15) is 76.7 Å². The molecular formula is C85H90N12O24. The highest BCUT2D eigenvalue weighted by Crippen LogP contribution is 2.53. The minimum atomic E-state index is -0.851. The first-order chi connectivity index (χ1) is 58.7. The van der Waals surface area contributed by atoms with Gasteiger partial charge in [-0.2, -0.15) is 20.3 Å². The largest absolute Gasteiger partial charge is 0.355 e. The molecule has 12 saturated heterocycles. The first-order valence-corrected chi connectivity index (χ1v) is 41.4. The summed E-state index contributed by atoms with van der Waals surface area (Å²) in [4.78, 5) is 251. The van der Waals surface area contributed by atoms with Crippen LogP contribution in [0.1, 0.15) is 131 Å². The van der Waals surface area contributed by atoms with Crippen LogP contribution in [0, 0.1) is 47.3 Å². The number of urea groups is 4. The number of carbonyl (C=O) groups excluding carboxylic acids is 16. The van der Waals surface area contributed by atoms with E-state index in [4.69, 9.17) is 38.7 Å². The number of hydroxylamine groups is 16. The maximum atomic E-state index is 12.9. The topological polar surface area (TPSA) is 386 Å². The molecule has 10 bridgehead atoms. The minimum Gasteiger partial charge on any atom is -0.328 e. The van der Waals surface area contributed by atoms with E-state index in [1.165, 1.54) is 39.9 Å². The van der Waals surface area contributed by atoms with Crippen molar-refractivity contribution in [3.8, 4) is 0 Å². The van der Waals surface area contributed by atoms with E-state index < -0.39 is 143 Å². The van der Waals surface area contributed by atoms with E-state index in [0.717, 1.165) is 41.5 Å². The molecule has 0 radical (unpaired) electrons. The van der Waals surface area contributed by atoms with Gasteiger partial charge < -0.3 is 38.9 Å². The third kappa shape index (κ3) is 15.8. The van der Waals surface area contributed by atoms with Crippen molar-refractivity contribution in [2.75, 3.05) is 26.2 Å². The fraction of sp³-hybridized carbons (Fsp3) is 0.482. The van der Waals surface area contributed by atoms with Gasteiger partial charge in [-0.1, -0.05) is 158 Å². The van der Waals surface area contributed by atoms with Gasteiger partial charge in [-0.15, -0.1) is 20.3 Å². The van der Waals surface area contributed by atoms with Crippen LogP contribution in [0.2, 0.25) is 0 Å². The predicted octanol–water partition coefficient (Wildman–Crippen LogP) is 6.46. The van der Waals surface area contributed by atoms with Crippen LogP contribution in [0.15, 0.2) is 146 Å². The van der Waals surface area contributed by atoms with E-state index in [1.54, 1.807) is 0 Å². The van der Waals surface area contributed by atoms with Crippen LogP contribution in [-0.2, 0) is 123 Å². The van der Waals surface area contributed by atoms with Gasteiger partial charge in [-0.3, -0.25) is 57.7 Å². The van der Waals surface area contributed by atoms with E-state index >= 15 is 0 Å². The molecule has 4 aliphatic carbocycles. The van der Waals surface area contributed by atoms with Crippen molar-refractivity contribution >= 4 is 95.3 Å². The Bertz CT molecular complexity index is 4660. The van der Waals surface area contributed by atoms with Crippen LogP contribution in [-0.4, -0.2) is 230 Å². The number of benzene rings is 4. The number of carbonyl (C=O) groups is 16. The van der Waals surface area contributed by atoms with E-state index in [-0.39, 0.29) is 87.1 Å². The normalized spacial score (nSPS) is 30.0. The molecule has 0 aromatic heterocycles.